The summed E-state index contributed by atoms with van der Waals surface area (Å²) in [6.07, 6.45) is 3.85. The molecule has 1 heterocycles. The van der Waals surface area contributed by atoms with Crippen molar-refractivity contribution in [1.29, 1.82) is 0 Å². The Morgan fingerprint density at radius 2 is 2.24 bits per heavy atom. The Balaban J connectivity index is 1.69. The van der Waals surface area contributed by atoms with Crippen LogP contribution in [0.15, 0.2) is 27.2 Å². The number of nitrogens with two attached hydrogens (primary N) is 1. The number of hydrogen-bond acceptors (Lipinski definition) is 5. The lowest BCUT2D eigenvalue weighted by Crippen LogP contribution is -2.27. The van der Waals surface area contributed by atoms with Gasteiger partial charge >= 0.3 is 0 Å². The number of hydrogen-bond donors (Lipinski definition) is 1. The quantitative estimate of drug-likeness (QED) is 0.893. The fourth-order valence-corrected chi connectivity index (χ4v) is 2.82. The highest BCUT2D eigenvalue weighted by Gasteiger charge is 2.21. The van der Waals surface area contributed by atoms with Gasteiger partial charge < -0.3 is 15.0 Å². The first kappa shape index (κ1) is 14.7. The first-order chi connectivity index (χ1) is 10.1. The van der Waals surface area contributed by atoms with E-state index in [4.69, 9.17) is 15.0 Å². The average molecular weight is 352 g/mol. The van der Waals surface area contributed by atoms with Crippen molar-refractivity contribution in [2.75, 3.05) is 6.61 Å². The van der Waals surface area contributed by atoms with Crippen LogP contribution in [0, 0.1) is 6.92 Å². The van der Waals surface area contributed by atoms with Crippen molar-refractivity contribution in [1.82, 2.24) is 10.1 Å². The molecule has 1 aromatic heterocycles. The fraction of sp³-hybridized carbons (Fsp3) is 0.467. The third-order valence-corrected chi connectivity index (χ3v) is 4.08. The minimum absolute atomic E-state index is 0.351. The van der Waals surface area contributed by atoms with Gasteiger partial charge in [0.25, 0.3) is 5.89 Å². The second-order valence-electron chi connectivity index (χ2n) is 5.47. The van der Waals surface area contributed by atoms with E-state index in [9.17, 15) is 0 Å². The molecule has 112 valence electrons. The number of aromatic nitrogens is 2. The fourth-order valence-electron chi connectivity index (χ4n) is 2.21. The molecule has 2 N–H and O–H groups in total. The summed E-state index contributed by atoms with van der Waals surface area (Å²) in [6, 6.07) is 5.62. The summed E-state index contributed by atoms with van der Waals surface area (Å²) in [5, 5.41) is 3.97. The number of nitrogens with zero attached hydrogens (tertiary/aromatic N) is 2. The second kappa shape index (κ2) is 6.25. The summed E-state index contributed by atoms with van der Waals surface area (Å²) in [7, 11) is 0. The van der Waals surface area contributed by atoms with Crippen LogP contribution in [-0.4, -0.2) is 22.9 Å². The Morgan fingerprint density at radius 3 is 2.90 bits per heavy atom. The molecule has 1 aliphatic rings. The molecule has 1 atom stereocenters. The van der Waals surface area contributed by atoms with Crippen LogP contribution < -0.4 is 5.73 Å². The van der Waals surface area contributed by atoms with E-state index in [0.717, 1.165) is 28.4 Å². The van der Waals surface area contributed by atoms with Gasteiger partial charge in [0.1, 0.15) is 0 Å². The third kappa shape index (κ3) is 3.51. The molecule has 1 aromatic carbocycles. The molecule has 21 heavy (non-hydrogen) atoms. The van der Waals surface area contributed by atoms with Crippen LogP contribution in [0.25, 0.3) is 11.5 Å². The number of rotatable bonds is 5. The molecule has 1 saturated carbocycles. The molecule has 1 unspecified atom stereocenters. The average Bonchev–Trinajstić information content (AvgIpc) is 2.85. The summed E-state index contributed by atoms with van der Waals surface area (Å²) in [6.45, 7) is 2.45. The number of ether oxygens (including phenoxy) is 1. The first-order valence-electron chi connectivity index (χ1n) is 7.10. The Hall–Kier alpha value is -1.24. The third-order valence-electron chi connectivity index (χ3n) is 3.63. The van der Waals surface area contributed by atoms with Gasteiger partial charge in [-0.15, -0.1) is 0 Å². The molecule has 1 fully saturated rings. The van der Waals surface area contributed by atoms with Gasteiger partial charge in [0.05, 0.1) is 18.8 Å². The number of halogens is 1. The van der Waals surface area contributed by atoms with E-state index in [1.165, 1.54) is 6.42 Å². The van der Waals surface area contributed by atoms with Crippen molar-refractivity contribution in [3.63, 3.8) is 0 Å². The van der Waals surface area contributed by atoms with Crippen LogP contribution in [0.4, 0.5) is 0 Å². The standard InChI is InChI=1S/C15H18BrN3O2/c1-9-5-10(7-11(16)6-9)15-18-14(19-21-15)13(17)8-20-12-3-2-4-12/h5-7,12-13H,2-4,8,17H2,1H3. The predicted molar refractivity (Wildman–Crippen MR) is 82.7 cm³/mol. The summed E-state index contributed by atoms with van der Waals surface area (Å²) < 4.78 is 12.0. The molecule has 2 aromatic rings. The first-order valence-corrected chi connectivity index (χ1v) is 7.89. The van der Waals surface area contributed by atoms with Gasteiger partial charge in [-0.1, -0.05) is 21.1 Å². The van der Waals surface area contributed by atoms with Gasteiger partial charge in [-0.2, -0.15) is 4.98 Å². The SMILES string of the molecule is Cc1cc(Br)cc(-c2nc(C(N)COC3CCC3)no2)c1. The molecule has 0 amide bonds. The van der Waals surface area contributed by atoms with Gasteiger partial charge in [-0.25, -0.2) is 0 Å². The summed E-state index contributed by atoms with van der Waals surface area (Å²) >= 11 is 3.47. The lowest BCUT2D eigenvalue weighted by molar-refractivity contribution is -0.00549. The van der Waals surface area contributed by atoms with Crippen LogP contribution in [-0.2, 0) is 4.74 Å². The van der Waals surface area contributed by atoms with E-state index in [2.05, 4.69) is 26.1 Å². The van der Waals surface area contributed by atoms with Gasteiger partial charge in [-0.05, 0) is 49.9 Å². The van der Waals surface area contributed by atoms with Crippen molar-refractivity contribution in [3.05, 3.63) is 34.1 Å². The van der Waals surface area contributed by atoms with Gasteiger partial charge in [0.15, 0.2) is 5.82 Å². The second-order valence-corrected chi connectivity index (χ2v) is 6.38. The van der Waals surface area contributed by atoms with Crippen LogP contribution in [0.3, 0.4) is 0 Å². The largest absolute Gasteiger partial charge is 0.376 e. The zero-order valence-corrected chi connectivity index (χ0v) is 13.5. The van der Waals surface area contributed by atoms with Crippen LogP contribution in [0.2, 0.25) is 0 Å². The normalized spacial score (nSPS) is 16.7. The molecule has 3 rings (SSSR count). The van der Waals surface area contributed by atoms with Gasteiger partial charge in [-0.3, -0.25) is 0 Å². The molecule has 1 aliphatic carbocycles. The highest BCUT2D eigenvalue weighted by Crippen LogP contribution is 2.25. The maximum atomic E-state index is 6.05. The van der Waals surface area contributed by atoms with E-state index < -0.39 is 0 Å². The summed E-state index contributed by atoms with van der Waals surface area (Å²) in [4.78, 5) is 4.38. The van der Waals surface area contributed by atoms with E-state index in [-0.39, 0.29) is 6.04 Å². The molecule has 6 heteroatoms. The van der Waals surface area contributed by atoms with E-state index in [0.29, 0.717) is 24.4 Å². The maximum Gasteiger partial charge on any atom is 0.258 e. The van der Waals surface area contributed by atoms with Gasteiger partial charge in [0.2, 0.25) is 0 Å². The molecular formula is C15H18BrN3O2. The zero-order chi connectivity index (χ0) is 14.8. The Morgan fingerprint density at radius 1 is 1.43 bits per heavy atom. The molecule has 5 nitrogen and oxygen atoms in total. The van der Waals surface area contributed by atoms with Crippen molar-refractivity contribution in [2.24, 2.45) is 5.73 Å². The molecule has 0 radical (unpaired) electrons. The minimum Gasteiger partial charge on any atom is -0.376 e. The molecule has 0 bridgehead atoms. The van der Waals surface area contributed by atoms with Crippen molar-refractivity contribution < 1.29 is 9.26 Å². The lowest BCUT2D eigenvalue weighted by Gasteiger charge is -2.26. The lowest BCUT2D eigenvalue weighted by atomic mass is 9.96. The van der Waals surface area contributed by atoms with Crippen molar-refractivity contribution in [3.8, 4) is 11.5 Å². The maximum absolute atomic E-state index is 6.05. The predicted octanol–water partition coefficient (Wildman–Crippen LogP) is 3.38. The minimum atomic E-state index is -0.351. The van der Waals surface area contributed by atoms with Gasteiger partial charge in [0, 0.05) is 10.0 Å². The van der Waals surface area contributed by atoms with Crippen LogP contribution in [0.5, 0.6) is 0 Å². The smallest absolute Gasteiger partial charge is 0.258 e. The van der Waals surface area contributed by atoms with Crippen LogP contribution in [0.1, 0.15) is 36.7 Å². The summed E-state index contributed by atoms with van der Waals surface area (Å²) in [5.41, 5.74) is 8.06. The Bertz CT molecular complexity index is 605. The number of benzene rings is 1. The highest BCUT2D eigenvalue weighted by atomic mass is 79.9. The highest BCUT2D eigenvalue weighted by molar-refractivity contribution is 9.10. The Kier molecular flexibility index (Phi) is 4.37. The summed E-state index contributed by atoms with van der Waals surface area (Å²) in [5.74, 6) is 0.968. The molecule has 0 saturated heterocycles. The van der Waals surface area contributed by atoms with Crippen LogP contribution >= 0.6 is 15.9 Å². The Labute approximate surface area is 132 Å². The van der Waals surface area contributed by atoms with E-state index in [1.807, 2.05) is 25.1 Å². The molecule has 0 aliphatic heterocycles. The van der Waals surface area contributed by atoms with E-state index in [1.54, 1.807) is 0 Å². The monoisotopic (exact) mass is 351 g/mol. The van der Waals surface area contributed by atoms with Crippen molar-refractivity contribution >= 4 is 15.9 Å². The molecular weight excluding hydrogens is 334 g/mol. The zero-order valence-electron chi connectivity index (χ0n) is 11.9. The van der Waals surface area contributed by atoms with Crippen molar-refractivity contribution in [2.45, 2.75) is 38.3 Å². The number of aryl methyl sites for hydroxylation is 1. The molecule has 0 spiro atoms. The van der Waals surface area contributed by atoms with E-state index >= 15 is 0 Å². The topological polar surface area (TPSA) is 74.2 Å².